The van der Waals surface area contributed by atoms with Crippen LogP contribution in [0.25, 0.3) is 0 Å². The minimum atomic E-state index is -1.97. The molecule has 90 valence electrons. The molecule has 5 N–H and O–H groups in total. The molecule has 1 rings (SSSR count). The molecule has 2 atom stereocenters. The summed E-state index contributed by atoms with van der Waals surface area (Å²) in [5.41, 5.74) is -1.97. The smallest absolute Gasteiger partial charge is 0.237 e. The first kappa shape index (κ1) is 13.1. The SMILES string of the molecule is O=C(C#CCO)C1(O)C[C@@H](O)C(O)[C@H](O)C1. The van der Waals surface area contributed by atoms with Crippen LogP contribution >= 0.6 is 0 Å². The fraction of sp³-hybridized carbons (Fsp3) is 0.700. The van der Waals surface area contributed by atoms with Gasteiger partial charge in [-0.1, -0.05) is 5.92 Å². The third-order valence-electron chi connectivity index (χ3n) is 2.59. The van der Waals surface area contributed by atoms with Crippen molar-refractivity contribution in [3.63, 3.8) is 0 Å². The molecular weight excluding hydrogens is 216 g/mol. The number of carbonyl (C=O) groups is 1. The van der Waals surface area contributed by atoms with Crippen LogP contribution in [0.2, 0.25) is 0 Å². The maximum absolute atomic E-state index is 11.4. The Kier molecular flexibility index (Phi) is 4.02. The van der Waals surface area contributed by atoms with E-state index in [4.69, 9.17) is 5.11 Å². The van der Waals surface area contributed by atoms with Gasteiger partial charge in [0, 0.05) is 12.8 Å². The lowest BCUT2D eigenvalue weighted by Gasteiger charge is -2.38. The Morgan fingerprint density at radius 3 is 2.19 bits per heavy atom. The van der Waals surface area contributed by atoms with Crippen LogP contribution in [0.4, 0.5) is 0 Å². The van der Waals surface area contributed by atoms with Gasteiger partial charge in [0.05, 0.1) is 12.2 Å². The Bertz CT molecular complexity index is 316. The molecule has 0 radical (unpaired) electrons. The summed E-state index contributed by atoms with van der Waals surface area (Å²) < 4.78 is 0. The van der Waals surface area contributed by atoms with E-state index >= 15 is 0 Å². The molecule has 0 saturated heterocycles. The zero-order chi connectivity index (χ0) is 12.3. The quantitative estimate of drug-likeness (QED) is 0.244. The van der Waals surface area contributed by atoms with Crippen LogP contribution in [0.3, 0.4) is 0 Å². The van der Waals surface area contributed by atoms with Crippen molar-refractivity contribution in [3.05, 3.63) is 0 Å². The molecule has 0 spiro atoms. The number of carbonyl (C=O) groups excluding carboxylic acids is 1. The molecule has 0 aliphatic heterocycles. The molecule has 0 unspecified atom stereocenters. The predicted molar refractivity (Wildman–Crippen MR) is 52.1 cm³/mol. The van der Waals surface area contributed by atoms with Gasteiger partial charge in [0.1, 0.15) is 18.3 Å². The molecule has 0 amide bonds. The van der Waals surface area contributed by atoms with Gasteiger partial charge in [-0.3, -0.25) is 4.79 Å². The van der Waals surface area contributed by atoms with Gasteiger partial charge in [0.25, 0.3) is 0 Å². The van der Waals surface area contributed by atoms with Crippen LogP contribution in [0.15, 0.2) is 0 Å². The fourth-order valence-corrected chi connectivity index (χ4v) is 1.69. The topological polar surface area (TPSA) is 118 Å². The zero-order valence-electron chi connectivity index (χ0n) is 8.50. The molecule has 6 nitrogen and oxygen atoms in total. The Labute approximate surface area is 92.1 Å². The van der Waals surface area contributed by atoms with Crippen LogP contribution in [0.5, 0.6) is 0 Å². The van der Waals surface area contributed by atoms with Crippen LogP contribution in [0.1, 0.15) is 12.8 Å². The van der Waals surface area contributed by atoms with E-state index in [-0.39, 0.29) is 12.8 Å². The highest BCUT2D eigenvalue weighted by molar-refractivity contribution is 6.02. The number of aliphatic hydroxyl groups excluding tert-OH is 4. The van der Waals surface area contributed by atoms with Crippen molar-refractivity contribution < 1.29 is 30.3 Å². The highest BCUT2D eigenvalue weighted by Gasteiger charge is 2.47. The van der Waals surface area contributed by atoms with E-state index in [0.29, 0.717) is 0 Å². The van der Waals surface area contributed by atoms with Gasteiger partial charge in [-0.15, -0.1) is 0 Å². The summed E-state index contributed by atoms with van der Waals surface area (Å²) in [7, 11) is 0. The summed E-state index contributed by atoms with van der Waals surface area (Å²) >= 11 is 0. The molecule has 0 aromatic carbocycles. The molecule has 0 aromatic heterocycles. The second-order valence-electron chi connectivity index (χ2n) is 3.85. The number of hydrogen-bond acceptors (Lipinski definition) is 6. The first-order chi connectivity index (χ1) is 7.40. The second-order valence-corrected chi connectivity index (χ2v) is 3.85. The lowest BCUT2D eigenvalue weighted by atomic mass is 9.77. The lowest BCUT2D eigenvalue weighted by Crippen LogP contribution is -2.55. The summed E-state index contributed by atoms with van der Waals surface area (Å²) in [5, 5.41) is 46.2. The van der Waals surface area contributed by atoms with Crippen molar-refractivity contribution in [1.29, 1.82) is 0 Å². The summed E-state index contributed by atoms with van der Waals surface area (Å²) in [6.07, 6.45) is -4.91. The summed E-state index contributed by atoms with van der Waals surface area (Å²) in [6.45, 7) is -0.518. The minimum Gasteiger partial charge on any atom is -0.390 e. The summed E-state index contributed by atoms with van der Waals surface area (Å²) in [4.78, 5) is 11.4. The van der Waals surface area contributed by atoms with E-state index in [9.17, 15) is 25.2 Å². The molecule has 0 aromatic rings. The van der Waals surface area contributed by atoms with Crippen molar-refractivity contribution in [1.82, 2.24) is 0 Å². The number of hydrogen-bond donors (Lipinski definition) is 5. The number of aliphatic hydroxyl groups is 5. The van der Waals surface area contributed by atoms with Gasteiger partial charge >= 0.3 is 0 Å². The Morgan fingerprint density at radius 2 is 1.75 bits per heavy atom. The van der Waals surface area contributed by atoms with Crippen LogP contribution in [-0.4, -0.2) is 61.8 Å². The van der Waals surface area contributed by atoms with E-state index < -0.39 is 36.3 Å². The molecule has 1 fully saturated rings. The maximum Gasteiger partial charge on any atom is 0.237 e. The summed E-state index contributed by atoms with van der Waals surface area (Å²) in [6, 6.07) is 0. The van der Waals surface area contributed by atoms with Gasteiger partial charge < -0.3 is 25.5 Å². The second kappa shape index (κ2) is 4.91. The van der Waals surface area contributed by atoms with E-state index in [1.54, 1.807) is 0 Å². The van der Waals surface area contributed by atoms with Crippen molar-refractivity contribution in [2.24, 2.45) is 0 Å². The molecule has 1 saturated carbocycles. The number of ketones is 1. The van der Waals surface area contributed by atoms with Crippen molar-refractivity contribution in [2.75, 3.05) is 6.61 Å². The molecule has 6 heteroatoms. The van der Waals surface area contributed by atoms with E-state index in [1.165, 1.54) is 0 Å². The highest BCUT2D eigenvalue weighted by atomic mass is 16.4. The Hall–Kier alpha value is -0.970. The van der Waals surface area contributed by atoms with Crippen LogP contribution in [0, 0.1) is 11.8 Å². The van der Waals surface area contributed by atoms with Crippen molar-refractivity contribution >= 4 is 5.78 Å². The maximum atomic E-state index is 11.4. The summed E-state index contributed by atoms with van der Waals surface area (Å²) in [5.74, 6) is 3.20. The molecule has 0 heterocycles. The third kappa shape index (κ3) is 2.58. The van der Waals surface area contributed by atoms with Gasteiger partial charge in [-0.05, 0) is 5.92 Å². The number of rotatable bonds is 1. The first-order valence-corrected chi connectivity index (χ1v) is 4.81. The average molecular weight is 230 g/mol. The van der Waals surface area contributed by atoms with Crippen LogP contribution in [-0.2, 0) is 4.79 Å². The Morgan fingerprint density at radius 1 is 1.25 bits per heavy atom. The van der Waals surface area contributed by atoms with E-state index in [2.05, 4.69) is 5.92 Å². The van der Waals surface area contributed by atoms with Gasteiger partial charge in [0.15, 0.2) is 0 Å². The molecule has 16 heavy (non-hydrogen) atoms. The minimum absolute atomic E-state index is 0.385. The van der Waals surface area contributed by atoms with Gasteiger partial charge in [-0.2, -0.15) is 0 Å². The first-order valence-electron chi connectivity index (χ1n) is 4.81. The largest absolute Gasteiger partial charge is 0.390 e. The van der Waals surface area contributed by atoms with E-state index in [1.807, 2.05) is 5.92 Å². The standard InChI is InChI=1S/C10H14O6/c11-3-1-2-8(14)10(16)4-6(12)9(15)7(13)5-10/h6-7,9,11-13,15-16H,3-5H2/t6-,7-,9?,10?/m1/s1. The Balaban J connectivity index is 2.82. The van der Waals surface area contributed by atoms with E-state index in [0.717, 1.165) is 0 Å². The highest BCUT2D eigenvalue weighted by Crippen LogP contribution is 2.29. The van der Waals surface area contributed by atoms with Crippen molar-refractivity contribution in [3.8, 4) is 11.8 Å². The normalized spacial score (nSPS) is 38.7. The molecular formula is C10H14O6. The zero-order valence-corrected chi connectivity index (χ0v) is 8.50. The van der Waals surface area contributed by atoms with Gasteiger partial charge in [-0.25, -0.2) is 0 Å². The lowest BCUT2D eigenvalue weighted by molar-refractivity contribution is -0.166. The fourth-order valence-electron chi connectivity index (χ4n) is 1.69. The predicted octanol–water partition coefficient (Wildman–Crippen LogP) is -2.84. The third-order valence-corrected chi connectivity index (χ3v) is 2.59. The van der Waals surface area contributed by atoms with Crippen molar-refractivity contribution in [2.45, 2.75) is 36.8 Å². The molecule has 1 aliphatic rings. The molecule has 0 bridgehead atoms. The van der Waals surface area contributed by atoms with Gasteiger partial charge in [0.2, 0.25) is 5.78 Å². The number of Topliss-reactive ketones (excluding diaryl/α,β-unsaturated/α-hetero) is 1. The average Bonchev–Trinajstić information content (AvgIpc) is 2.22. The molecule has 1 aliphatic carbocycles. The monoisotopic (exact) mass is 230 g/mol. The van der Waals surface area contributed by atoms with Crippen LogP contribution < -0.4 is 0 Å².